The summed E-state index contributed by atoms with van der Waals surface area (Å²) in [6.07, 6.45) is 3.93. The van der Waals surface area contributed by atoms with Crippen LogP contribution in [0, 0.1) is 11.8 Å². The molecule has 0 spiro atoms. The number of hydrogen-bond donors (Lipinski definition) is 1. The molecule has 76 valence electrons. The van der Waals surface area contributed by atoms with Gasteiger partial charge in [0.2, 0.25) is 0 Å². The Kier molecular flexibility index (Phi) is 2.61. The first-order chi connectivity index (χ1) is 6.18. The summed E-state index contributed by atoms with van der Waals surface area (Å²) in [5.41, 5.74) is 0. The van der Waals surface area contributed by atoms with Gasteiger partial charge in [0.1, 0.15) is 0 Å². The molecule has 3 atom stereocenters. The lowest BCUT2D eigenvalue weighted by Gasteiger charge is -2.24. The molecule has 1 saturated heterocycles. The predicted molar refractivity (Wildman–Crippen MR) is 53.5 cm³/mol. The van der Waals surface area contributed by atoms with Crippen molar-refractivity contribution in [3.05, 3.63) is 0 Å². The van der Waals surface area contributed by atoms with E-state index in [0.29, 0.717) is 5.92 Å². The molecule has 1 N–H and O–H groups in total. The van der Waals surface area contributed by atoms with Crippen LogP contribution in [-0.2, 0) is 0 Å². The second-order valence-electron chi connectivity index (χ2n) is 4.86. The maximum absolute atomic E-state index is 9.48. The summed E-state index contributed by atoms with van der Waals surface area (Å²) in [5, 5.41) is 9.48. The highest BCUT2D eigenvalue weighted by Gasteiger charge is 2.36. The van der Waals surface area contributed by atoms with E-state index in [4.69, 9.17) is 0 Å². The molecule has 2 fully saturated rings. The van der Waals surface area contributed by atoms with Crippen molar-refractivity contribution >= 4 is 0 Å². The molecule has 0 aromatic carbocycles. The minimum absolute atomic E-state index is 0.114. The molecule has 1 saturated carbocycles. The van der Waals surface area contributed by atoms with Crippen molar-refractivity contribution in [1.82, 2.24) is 4.90 Å². The van der Waals surface area contributed by atoms with Gasteiger partial charge in [0.15, 0.2) is 0 Å². The quantitative estimate of drug-likeness (QED) is 0.716. The van der Waals surface area contributed by atoms with Crippen molar-refractivity contribution in [3.63, 3.8) is 0 Å². The van der Waals surface area contributed by atoms with Crippen molar-refractivity contribution in [2.24, 2.45) is 11.8 Å². The summed E-state index contributed by atoms with van der Waals surface area (Å²) in [5.74, 6) is 1.49. The van der Waals surface area contributed by atoms with E-state index in [9.17, 15) is 5.11 Å². The molecule has 0 aromatic rings. The number of aliphatic hydroxyl groups excluding tert-OH is 1. The Hall–Kier alpha value is -0.0800. The first kappa shape index (κ1) is 9.47. The Morgan fingerprint density at radius 2 is 1.85 bits per heavy atom. The summed E-state index contributed by atoms with van der Waals surface area (Å²) < 4.78 is 0. The lowest BCUT2D eigenvalue weighted by atomic mass is 10.0. The van der Waals surface area contributed by atoms with Crippen molar-refractivity contribution < 1.29 is 5.11 Å². The summed E-state index contributed by atoms with van der Waals surface area (Å²) >= 11 is 0. The van der Waals surface area contributed by atoms with Crippen molar-refractivity contribution in [2.45, 2.75) is 45.3 Å². The molecule has 2 nitrogen and oxygen atoms in total. The van der Waals surface area contributed by atoms with E-state index >= 15 is 0 Å². The fraction of sp³-hybridized carbons (Fsp3) is 1.00. The van der Waals surface area contributed by atoms with E-state index in [1.165, 1.54) is 25.8 Å². The number of rotatable bonds is 3. The Bertz CT molecular complexity index is 177. The van der Waals surface area contributed by atoms with Gasteiger partial charge in [-0.25, -0.2) is 0 Å². The number of nitrogens with zero attached hydrogens (tertiary/aromatic N) is 1. The molecule has 2 rings (SSSR count). The Balaban J connectivity index is 1.82. The lowest BCUT2D eigenvalue weighted by molar-refractivity contribution is 0.121. The third-order valence-electron chi connectivity index (χ3n) is 3.82. The molecule has 13 heavy (non-hydrogen) atoms. The van der Waals surface area contributed by atoms with Crippen LogP contribution in [0.4, 0.5) is 0 Å². The van der Waals surface area contributed by atoms with Crippen molar-refractivity contribution in [1.29, 1.82) is 0 Å². The highest BCUT2D eigenvalue weighted by atomic mass is 16.3. The smallest absolute Gasteiger partial charge is 0.0552 e. The standard InChI is InChI=1S/C11H21NO/c1-8(10-3-4-10)12-6-5-11(7-12)9(2)13/h8-11,13H,3-7H2,1-2H3. The van der Waals surface area contributed by atoms with Crippen molar-refractivity contribution in [3.8, 4) is 0 Å². The maximum atomic E-state index is 9.48. The number of aliphatic hydroxyl groups is 1. The topological polar surface area (TPSA) is 23.5 Å². The van der Waals surface area contributed by atoms with E-state index in [-0.39, 0.29) is 6.10 Å². The minimum Gasteiger partial charge on any atom is -0.393 e. The normalized spacial score (nSPS) is 34.8. The second-order valence-corrected chi connectivity index (χ2v) is 4.86. The lowest BCUT2D eigenvalue weighted by Crippen LogP contribution is -2.33. The van der Waals surface area contributed by atoms with Crippen LogP contribution >= 0.6 is 0 Å². The van der Waals surface area contributed by atoms with Crippen LogP contribution in [0.1, 0.15) is 33.1 Å². The minimum atomic E-state index is -0.114. The van der Waals surface area contributed by atoms with Gasteiger partial charge in [-0.05, 0) is 51.5 Å². The number of likely N-dealkylation sites (tertiary alicyclic amines) is 1. The van der Waals surface area contributed by atoms with Gasteiger partial charge in [0, 0.05) is 12.6 Å². The molecule has 1 aliphatic carbocycles. The van der Waals surface area contributed by atoms with E-state index in [1.54, 1.807) is 0 Å². The third kappa shape index (κ3) is 2.05. The van der Waals surface area contributed by atoms with Crippen LogP contribution in [0.25, 0.3) is 0 Å². The molecule has 1 heterocycles. The second kappa shape index (κ2) is 3.58. The van der Waals surface area contributed by atoms with Crippen LogP contribution < -0.4 is 0 Å². The number of hydrogen-bond acceptors (Lipinski definition) is 2. The Labute approximate surface area is 80.9 Å². The predicted octanol–water partition coefficient (Wildman–Crippen LogP) is 1.49. The zero-order valence-electron chi connectivity index (χ0n) is 8.74. The molecule has 0 amide bonds. The van der Waals surface area contributed by atoms with Crippen LogP contribution in [0.15, 0.2) is 0 Å². The van der Waals surface area contributed by atoms with Gasteiger partial charge < -0.3 is 10.0 Å². The van der Waals surface area contributed by atoms with Crippen LogP contribution in [0.2, 0.25) is 0 Å². The van der Waals surface area contributed by atoms with Gasteiger partial charge in [-0.1, -0.05) is 0 Å². The molecule has 2 aliphatic rings. The SMILES string of the molecule is CC(O)C1CCN(C(C)C2CC2)C1. The van der Waals surface area contributed by atoms with E-state index < -0.39 is 0 Å². The fourth-order valence-corrected chi connectivity index (χ4v) is 2.46. The van der Waals surface area contributed by atoms with E-state index in [1.807, 2.05) is 6.92 Å². The summed E-state index contributed by atoms with van der Waals surface area (Å²) in [7, 11) is 0. The van der Waals surface area contributed by atoms with Crippen LogP contribution in [0.3, 0.4) is 0 Å². The molecular formula is C11H21NO. The largest absolute Gasteiger partial charge is 0.393 e. The molecular weight excluding hydrogens is 162 g/mol. The molecule has 2 heteroatoms. The van der Waals surface area contributed by atoms with E-state index in [2.05, 4.69) is 11.8 Å². The summed E-state index contributed by atoms with van der Waals surface area (Å²) in [6.45, 7) is 6.60. The van der Waals surface area contributed by atoms with Gasteiger partial charge in [0.05, 0.1) is 6.10 Å². The highest BCUT2D eigenvalue weighted by Crippen LogP contribution is 2.37. The third-order valence-corrected chi connectivity index (χ3v) is 3.82. The highest BCUT2D eigenvalue weighted by molar-refractivity contribution is 4.89. The van der Waals surface area contributed by atoms with E-state index in [0.717, 1.165) is 18.5 Å². The zero-order valence-corrected chi connectivity index (χ0v) is 8.74. The maximum Gasteiger partial charge on any atom is 0.0552 e. The molecule has 1 aliphatic heterocycles. The van der Waals surface area contributed by atoms with Gasteiger partial charge in [-0.15, -0.1) is 0 Å². The first-order valence-corrected chi connectivity index (χ1v) is 5.60. The molecule has 3 unspecified atom stereocenters. The summed E-state index contributed by atoms with van der Waals surface area (Å²) in [4.78, 5) is 2.56. The Morgan fingerprint density at radius 3 is 2.31 bits per heavy atom. The van der Waals surface area contributed by atoms with Gasteiger partial charge in [0.25, 0.3) is 0 Å². The van der Waals surface area contributed by atoms with Crippen LogP contribution in [0.5, 0.6) is 0 Å². The van der Waals surface area contributed by atoms with Gasteiger partial charge in [-0.3, -0.25) is 0 Å². The zero-order chi connectivity index (χ0) is 9.42. The molecule has 0 radical (unpaired) electrons. The van der Waals surface area contributed by atoms with Gasteiger partial charge in [-0.2, -0.15) is 0 Å². The monoisotopic (exact) mass is 183 g/mol. The van der Waals surface area contributed by atoms with Gasteiger partial charge >= 0.3 is 0 Å². The average molecular weight is 183 g/mol. The average Bonchev–Trinajstić information content (AvgIpc) is 2.81. The molecule has 0 bridgehead atoms. The Morgan fingerprint density at radius 1 is 1.15 bits per heavy atom. The molecule has 0 aromatic heterocycles. The summed E-state index contributed by atoms with van der Waals surface area (Å²) in [6, 6.07) is 0.767. The van der Waals surface area contributed by atoms with Crippen LogP contribution in [-0.4, -0.2) is 35.2 Å². The first-order valence-electron chi connectivity index (χ1n) is 5.60. The van der Waals surface area contributed by atoms with Crippen molar-refractivity contribution in [2.75, 3.05) is 13.1 Å². The fourth-order valence-electron chi connectivity index (χ4n) is 2.46.